The Morgan fingerprint density at radius 1 is 1.29 bits per heavy atom. The minimum absolute atomic E-state index is 0.0250. The second-order valence-corrected chi connectivity index (χ2v) is 5.90. The number of hydrogen-bond acceptors (Lipinski definition) is 3. The van der Waals surface area contributed by atoms with Gasteiger partial charge in [-0.15, -0.1) is 0 Å². The molecule has 0 saturated carbocycles. The Balaban J connectivity index is 2.01. The first-order valence-corrected chi connectivity index (χ1v) is 7.60. The maximum atomic E-state index is 12.4. The predicted molar refractivity (Wildman–Crippen MR) is 82.7 cm³/mol. The molecule has 4 nitrogen and oxygen atoms in total. The van der Waals surface area contributed by atoms with E-state index < -0.39 is 6.10 Å². The lowest BCUT2D eigenvalue weighted by Crippen LogP contribution is -2.48. The molecular weight excluding hydrogens is 290 g/mol. The summed E-state index contributed by atoms with van der Waals surface area (Å²) in [6.45, 7) is 5.53. The van der Waals surface area contributed by atoms with Crippen LogP contribution in [0.5, 0.6) is 0 Å². The van der Waals surface area contributed by atoms with E-state index in [0.29, 0.717) is 19.8 Å². The quantitative estimate of drug-likeness (QED) is 0.858. The van der Waals surface area contributed by atoms with Gasteiger partial charge in [0.05, 0.1) is 19.8 Å². The highest BCUT2D eigenvalue weighted by Crippen LogP contribution is 2.24. The second kappa shape index (κ2) is 7.25. The largest absolute Gasteiger partial charge is 0.376 e. The molecule has 1 saturated heterocycles. The van der Waals surface area contributed by atoms with Crippen molar-refractivity contribution in [3.05, 3.63) is 34.9 Å². The van der Waals surface area contributed by atoms with Gasteiger partial charge in [-0.3, -0.25) is 4.79 Å². The summed E-state index contributed by atoms with van der Waals surface area (Å²) in [5.74, 6) is 0.184. The van der Waals surface area contributed by atoms with E-state index in [4.69, 9.17) is 21.1 Å². The fourth-order valence-corrected chi connectivity index (χ4v) is 2.56. The van der Waals surface area contributed by atoms with Gasteiger partial charge in [0.25, 0.3) is 5.91 Å². The van der Waals surface area contributed by atoms with E-state index in [1.807, 2.05) is 38.2 Å². The van der Waals surface area contributed by atoms with E-state index in [0.717, 1.165) is 10.6 Å². The molecule has 1 aliphatic rings. The van der Waals surface area contributed by atoms with E-state index >= 15 is 0 Å². The van der Waals surface area contributed by atoms with Gasteiger partial charge < -0.3 is 14.4 Å². The monoisotopic (exact) mass is 311 g/mol. The Labute approximate surface area is 131 Å². The predicted octanol–water partition coefficient (Wildman–Crippen LogP) is 2.71. The molecule has 3 atom stereocenters. The Morgan fingerprint density at radius 3 is 2.52 bits per heavy atom. The third kappa shape index (κ3) is 3.96. The molecule has 0 spiro atoms. The van der Waals surface area contributed by atoms with Gasteiger partial charge in [-0.1, -0.05) is 30.7 Å². The molecule has 0 aromatic heterocycles. The summed E-state index contributed by atoms with van der Waals surface area (Å²) in [6.07, 6.45) is -0.483. The Kier molecular flexibility index (Phi) is 5.62. The number of rotatable bonds is 4. The zero-order chi connectivity index (χ0) is 15.4. The Hall–Kier alpha value is -1.10. The van der Waals surface area contributed by atoms with Crippen LogP contribution in [0.2, 0.25) is 5.02 Å². The SMILES string of the molecule is C[C@H](c1ccc(Cl)cc1)[C@H](C)N(C)C(=O)[C@@H]1COCCO1. The summed E-state index contributed by atoms with van der Waals surface area (Å²) < 4.78 is 10.8. The summed E-state index contributed by atoms with van der Waals surface area (Å²) >= 11 is 5.92. The summed E-state index contributed by atoms with van der Waals surface area (Å²) in [4.78, 5) is 14.2. The van der Waals surface area contributed by atoms with Gasteiger partial charge in [-0.25, -0.2) is 0 Å². The normalized spacial score (nSPS) is 21.6. The van der Waals surface area contributed by atoms with Crippen molar-refractivity contribution in [2.75, 3.05) is 26.9 Å². The topological polar surface area (TPSA) is 38.8 Å². The first kappa shape index (κ1) is 16.3. The van der Waals surface area contributed by atoms with Crippen molar-refractivity contribution in [2.24, 2.45) is 0 Å². The molecule has 1 heterocycles. The van der Waals surface area contributed by atoms with Crippen molar-refractivity contribution in [1.29, 1.82) is 0 Å². The third-order valence-electron chi connectivity index (χ3n) is 4.17. The molecule has 21 heavy (non-hydrogen) atoms. The first-order chi connectivity index (χ1) is 10.0. The van der Waals surface area contributed by atoms with Crippen LogP contribution < -0.4 is 0 Å². The molecule has 1 fully saturated rings. The third-order valence-corrected chi connectivity index (χ3v) is 4.42. The number of hydrogen-bond donors (Lipinski definition) is 0. The highest BCUT2D eigenvalue weighted by molar-refractivity contribution is 6.30. The maximum Gasteiger partial charge on any atom is 0.254 e. The van der Waals surface area contributed by atoms with Crippen molar-refractivity contribution in [2.45, 2.75) is 31.9 Å². The number of amides is 1. The minimum Gasteiger partial charge on any atom is -0.376 e. The Morgan fingerprint density at radius 2 is 1.95 bits per heavy atom. The van der Waals surface area contributed by atoms with Crippen LogP contribution in [0, 0.1) is 0 Å². The molecule has 0 aliphatic carbocycles. The van der Waals surface area contributed by atoms with Crippen molar-refractivity contribution in [3.63, 3.8) is 0 Å². The summed E-state index contributed by atoms with van der Waals surface area (Å²) in [5.41, 5.74) is 1.16. The van der Waals surface area contributed by atoms with Crippen molar-refractivity contribution in [1.82, 2.24) is 4.90 Å². The van der Waals surface area contributed by atoms with Crippen LogP contribution in [-0.4, -0.2) is 49.8 Å². The lowest BCUT2D eigenvalue weighted by molar-refractivity contribution is -0.158. The van der Waals surface area contributed by atoms with E-state index in [2.05, 4.69) is 6.92 Å². The van der Waals surface area contributed by atoms with E-state index in [1.165, 1.54) is 0 Å². The zero-order valence-corrected chi connectivity index (χ0v) is 13.5. The molecule has 0 N–H and O–H groups in total. The summed E-state index contributed by atoms with van der Waals surface area (Å²) in [6, 6.07) is 7.81. The first-order valence-electron chi connectivity index (χ1n) is 7.22. The maximum absolute atomic E-state index is 12.4. The molecular formula is C16H22ClNO3. The molecule has 116 valence electrons. The molecule has 0 radical (unpaired) electrons. The van der Waals surface area contributed by atoms with Crippen LogP contribution in [-0.2, 0) is 14.3 Å². The van der Waals surface area contributed by atoms with E-state index in [9.17, 15) is 4.79 Å². The van der Waals surface area contributed by atoms with Gasteiger partial charge in [-0.2, -0.15) is 0 Å². The summed E-state index contributed by atoms with van der Waals surface area (Å²) in [7, 11) is 1.82. The van der Waals surface area contributed by atoms with Gasteiger partial charge in [0, 0.05) is 24.0 Å². The second-order valence-electron chi connectivity index (χ2n) is 5.46. The smallest absolute Gasteiger partial charge is 0.254 e. The molecule has 1 aromatic rings. The van der Waals surface area contributed by atoms with Gasteiger partial charge in [0.1, 0.15) is 0 Å². The number of carbonyl (C=O) groups is 1. The zero-order valence-electron chi connectivity index (χ0n) is 12.7. The van der Waals surface area contributed by atoms with Crippen molar-refractivity contribution < 1.29 is 14.3 Å². The van der Waals surface area contributed by atoms with Gasteiger partial charge in [0.15, 0.2) is 6.10 Å². The fraction of sp³-hybridized carbons (Fsp3) is 0.562. The molecule has 1 aliphatic heterocycles. The van der Waals surface area contributed by atoms with Crippen LogP contribution in [0.3, 0.4) is 0 Å². The number of ether oxygens (including phenoxy) is 2. The highest BCUT2D eigenvalue weighted by Gasteiger charge is 2.30. The fourth-order valence-electron chi connectivity index (χ4n) is 2.44. The van der Waals surface area contributed by atoms with Crippen LogP contribution in [0.15, 0.2) is 24.3 Å². The molecule has 2 rings (SSSR count). The van der Waals surface area contributed by atoms with E-state index in [1.54, 1.807) is 4.90 Å². The average Bonchev–Trinajstić information content (AvgIpc) is 2.53. The number of halogens is 1. The lowest BCUT2D eigenvalue weighted by atomic mass is 9.93. The molecule has 1 amide bonds. The van der Waals surface area contributed by atoms with Crippen LogP contribution in [0.25, 0.3) is 0 Å². The van der Waals surface area contributed by atoms with Gasteiger partial charge >= 0.3 is 0 Å². The van der Waals surface area contributed by atoms with Gasteiger partial charge in [-0.05, 0) is 24.6 Å². The average molecular weight is 312 g/mol. The van der Waals surface area contributed by atoms with Gasteiger partial charge in [0.2, 0.25) is 0 Å². The van der Waals surface area contributed by atoms with Crippen molar-refractivity contribution in [3.8, 4) is 0 Å². The number of likely N-dealkylation sites (N-methyl/N-ethyl adjacent to an activating group) is 1. The van der Waals surface area contributed by atoms with Crippen molar-refractivity contribution >= 4 is 17.5 Å². The summed E-state index contributed by atoms with van der Waals surface area (Å²) in [5, 5.41) is 0.718. The van der Waals surface area contributed by atoms with Crippen LogP contribution >= 0.6 is 11.6 Å². The minimum atomic E-state index is -0.483. The standard InChI is InChI=1S/C16H22ClNO3/c1-11(13-4-6-14(17)7-5-13)12(2)18(3)16(19)15-10-20-8-9-21-15/h4-7,11-12,15H,8-10H2,1-3H3/t11-,12-,15-/m0/s1. The molecule has 5 heteroatoms. The Bertz CT molecular complexity index is 471. The van der Waals surface area contributed by atoms with Crippen LogP contribution in [0.1, 0.15) is 25.3 Å². The molecule has 1 aromatic carbocycles. The number of nitrogens with zero attached hydrogens (tertiary/aromatic N) is 1. The molecule has 0 bridgehead atoms. The molecule has 0 unspecified atom stereocenters. The van der Waals surface area contributed by atoms with Crippen LogP contribution in [0.4, 0.5) is 0 Å². The highest BCUT2D eigenvalue weighted by atomic mass is 35.5. The van der Waals surface area contributed by atoms with E-state index in [-0.39, 0.29) is 17.9 Å². The number of benzene rings is 1. The number of carbonyl (C=O) groups excluding carboxylic acids is 1. The lowest BCUT2D eigenvalue weighted by Gasteiger charge is -2.33.